The van der Waals surface area contributed by atoms with Gasteiger partial charge in [0, 0.05) is 31.7 Å². The summed E-state index contributed by atoms with van der Waals surface area (Å²) in [4.78, 5) is 2.39. The van der Waals surface area contributed by atoms with Crippen LogP contribution in [-0.4, -0.2) is 36.6 Å². The van der Waals surface area contributed by atoms with Crippen LogP contribution in [0, 0.1) is 0 Å². The summed E-state index contributed by atoms with van der Waals surface area (Å²) in [5, 5.41) is 0. The van der Waals surface area contributed by atoms with Crippen molar-refractivity contribution in [2.75, 3.05) is 19.6 Å². The fraction of sp³-hybridized carbons (Fsp3) is 0.909. The van der Waals surface area contributed by atoms with Gasteiger partial charge in [0.1, 0.15) is 0 Å². The Balaban J connectivity index is 3.46. The van der Waals surface area contributed by atoms with Crippen LogP contribution in [0.25, 0.3) is 0 Å². The van der Waals surface area contributed by atoms with Crippen molar-refractivity contribution in [2.24, 2.45) is 11.5 Å². The maximum Gasteiger partial charge on any atom is 0.0139 e. The second kappa shape index (κ2) is 18.4. The van der Waals surface area contributed by atoms with E-state index in [1.807, 2.05) is 0 Å². The maximum absolute atomic E-state index is 5.92. The standard InChI is InChI=1S/C22H47N3/c1-4-5-6-7-8-9-10-11-12-13-14-15-16-17-18-25(19-21(2)23)20-22(3)24/h15-16,21-22H,4-14,17-20,23-24H2,1-3H3/b16-15+. The number of allylic oxidation sites excluding steroid dienone is 1. The predicted octanol–water partition coefficient (Wildman–Crippen LogP) is 5.24. The van der Waals surface area contributed by atoms with Crippen molar-refractivity contribution >= 4 is 0 Å². The average molecular weight is 354 g/mol. The summed E-state index contributed by atoms with van der Waals surface area (Å²) in [6, 6.07) is 0.434. The van der Waals surface area contributed by atoms with Crippen LogP contribution in [0.15, 0.2) is 12.2 Å². The van der Waals surface area contributed by atoms with Gasteiger partial charge in [-0.25, -0.2) is 0 Å². The summed E-state index contributed by atoms with van der Waals surface area (Å²) >= 11 is 0. The zero-order valence-corrected chi connectivity index (χ0v) is 17.5. The van der Waals surface area contributed by atoms with Gasteiger partial charge in [0.15, 0.2) is 0 Å². The highest BCUT2D eigenvalue weighted by Gasteiger charge is 2.08. The van der Waals surface area contributed by atoms with Gasteiger partial charge in [0.05, 0.1) is 0 Å². The van der Waals surface area contributed by atoms with Crippen LogP contribution < -0.4 is 11.5 Å². The van der Waals surface area contributed by atoms with Gasteiger partial charge >= 0.3 is 0 Å². The smallest absolute Gasteiger partial charge is 0.0139 e. The van der Waals surface area contributed by atoms with Gasteiger partial charge in [-0.3, -0.25) is 4.90 Å². The quantitative estimate of drug-likeness (QED) is 0.262. The van der Waals surface area contributed by atoms with E-state index in [0.717, 1.165) is 26.1 Å². The van der Waals surface area contributed by atoms with Crippen molar-refractivity contribution in [1.29, 1.82) is 0 Å². The number of unbranched alkanes of at least 4 members (excludes halogenated alkanes) is 10. The molecule has 0 fully saturated rings. The van der Waals surface area contributed by atoms with Crippen LogP contribution >= 0.6 is 0 Å². The number of hydrogen-bond donors (Lipinski definition) is 2. The van der Waals surface area contributed by atoms with Gasteiger partial charge in [0.25, 0.3) is 0 Å². The van der Waals surface area contributed by atoms with Gasteiger partial charge in [-0.15, -0.1) is 0 Å². The first-order valence-electron chi connectivity index (χ1n) is 10.9. The molecule has 0 rings (SSSR count). The first-order chi connectivity index (χ1) is 12.1. The molecule has 25 heavy (non-hydrogen) atoms. The molecule has 0 aliphatic heterocycles. The average Bonchev–Trinajstić information content (AvgIpc) is 2.54. The molecular formula is C22H47N3. The molecule has 0 aromatic rings. The van der Waals surface area contributed by atoms with E-state index in [0.29, 0.717) is 0 Å². The highest BCUT2D eigenvalue weighted by Crippen LogP contribution is 2.11. The number of rotatable bonds is 18. The second-order valence-corrected chi connectivity index (χ2v) is 7.94. The number of hydrogen-bond acceptors (Lipinski definition) is 3. The topological polar surface area (TPSA) is 55.3 Å². The summed E-state index contributed by atoms with van der Waals surface area (Å²) < 4.78 is 0. The van der Waals surface area contributed by atoms with E-state index in [2.05, 4.69) is 37.8 Å². The highest BCUT2D eigenvalue weighted by molar-refractivity contribution is 4.83. The molecule has 150 valence electrons. The van der Waals surface area contributed by atoms with Crippen LogP contribution in [0.2, 0.25) is 0 Å². The van der Waals surface area contributed by atoms with Gasteiger partial charge in [-0.2, -0.15) is 0 Å². The molecule has 0 radical (unpaired) electrons. The Morgan fingerprint density at radius 2 is 1.12 bits per heavy atom. The molecule has 0 aliphatic rings. The van der Waals surface area contributed by atoms with Gasteiger partial charge in [-0.1, -0.05) is 76.9 Å². The Kier molecular flexibility index (Phi) is 18.1. The van der Waals surface area contributed by atoms with Crippen molar-refractivity contribution < 1.29 is 0 Å². The molecule has 0 saturated heterocycles. The summed E-state index contributed by atoms with van der Waals surface area (Å²) in [5.74, 6) is 0. The molecule has 3 heteroatoms. The van der Waals surface area contributed by atoms with Crippen molar-refractivity contribution in [3.05, 3.63) is 12.2 Å². The molecule has 0 heterocycles. The highest BCUT2D eigenvalue weighted by atomic mass is 15.1. The molecule has 2 unspecified atom stereocenters. The van der Waals surface area contributed by atoms with Crippen molar-refractivity contribution in [2.45, 2.75) is 110 Å². The van der Waals surface area contributed by atoms with E-state index in [-0.39, 0.29) is 12.1 Å². The van der Waals surface area contributed by atoms with Crippen LogP contribution in [0.4, 0.5) is 0 Å². The third-order valence-electron chi connectivity index (χ3n) is 4.60. The number of nitrogens with two attached hydrogens (primary N) is 2. The normalized spacial score (nSPS) is 14.5. The van der Waals surface area contributed by atoms with Crippen LogP contribution in [0.3, 0.4) is 0 Å². The van der Waals surface area contributed by atoms with E-state index in [1.54, 1.807) is 0 Å². The first-order valence-corrected chi connectivity index (χ1v) is 10.9. The lowest BCUT2D eigenvalue weighted by Crippen LogP contribution is -2.42. The van der Waals surface area contributed by atoms with Gasteiger partial charge in [0.2, 0.25) is 0 Å². The maximum atomic E-state index is 5.92. The molecule has 0 aromatic heterocycles. The van der Waals surface area contributed by atoms with Gasteiger partial charge in [-0.05, 0) is 33.1 Å². The van der Waals surface area contributed by atoms with E-state index < -0.39 is 0 Å². The molecular weight excluding hydrogens is 306 g/mol. The number of nitrogens with zero attached hydrogens (tertiary/aromatic N) is 1. The minimum atomic E-state index is 0.217. The van der Waals surface area contributed by atoms with E-state index in [4.69, 9.17) is 11.5 Å². The van der Waals surface area contributed by atoms with Crippen molar-refractivity contribution in [3.63, 3.8) is 0 Å². The second-order valence-electron chi connectivity index (χ2n) is 7.94. The molecule has 3 nitrogen and oxygen atoms in total. The molecule has 0 bridgehead atoms. The summed E-state index contributed by atoms with van der Waals surface area (Å²) in [6.07, 6.45) is 21.1. The minimum Gasteiger partial charge on any atom is -0.327 e. The summed E-state index contributed by atoms with van der Waals surface area (Å²) in [6.45, 7) is 9.36. The SMILES string of the molecule is CCCCCCCCCCCC/C=C/CCN(CC(C)N)CC(C)N. The third kappa shape index (κ3) is 19.8. The summed E-state index contributed by atoms with van der Waals surface area (Å²) in [5.41, 5.74) is 11.8. The Bertz CT molecular complexity index is 277. The predicted molar refractivity (Wildman–Crippen MR) is 114 cm³/mol. The minimum absolute atomic E-state index is 0.217. The van der Waals surface area contributed by atoms with Crippen molar-refractivity contribution in [3.8, 4) is 0 Å². The largest absolute Gasteiger partial charge is 0.327 e. The molecule has 4 N–H and O–H groups in total. The zero-order valence-electron chi connectivity index (χ0n) is 17.5. The monoisotopic (exact) mass is 353 g/mol. The zero-order chi connectivity index (χ0) is 18.8. The Hall–Kier alpha value is -0.380. The summed E-state index contributed by atoms with van der Waals surface area (Å²) in [7, 11) is 0. The van der Waals surface area contributed by atoms with Crippen LogP contribution in [0.1, 0.15) is 97.8 Å². The lowest BCUT2D eigenvalue weighted by Gasteiger charge is -2.25. The third-order valence-corrected chi connectivity index (χ3v) is 4.60. The molecule has 0 saturated carbocycles. The van der Waals surface area contributed by atoms with E-state index in [9.17, 15) is 0 Å². The first kappa shape index (κ1) is 24.6. The lowest BCUT2D eigenvalue weighted by molar-refractivity contribution is 0.254. The molecule has 0 aromatic carbocycles. The van der Waals surface area contributed by atoms with E-state index >= 15 is 0 Å². The van der Waals surface area contributed by atoms with E-state index in [1.165, 1.54) is 70.6 Å². The fourth-order valence-electron chi connectivity index (χ4n) is 3.31. The van der Waals surface area contributed by atoms with Crippen LogP contribution in [0.5, 0.6) is 0 Å². The van der Waals surface area contributed by atoms with Crippen molar-refractivity contribution in [1.82, 2.24) is 4.90 Å². The van der Waals surface area contributed by atoms with Gasteiger partial charge < -0.3 is 11.5 Å². The molecule has 0 amide bonds. The Morgan fingerprint density at radius 3 is 1.60 bits per heavy atom. The molecule has 0 aliphatic carbocycles. The van der Waals surface area contributed by atoms with Crippen LogP contribution in [-0.2, 0) is 0 Å². The molecule has 0 spiro atoms. The molecule has 2 atom stereocenters. The lowest BCUT2D eigenvalue weighted by atomic mass is 10.1. The fourth-order valence-corrected chi connectivity index (χ4v) is 3.31. The Morgan fingerprint density at radius 1 is 0.680 bits per heavy atom. The Labute approximate surface area is 158 Å².